The Labute approximate surface area is 138 Å². The Balaban J connectivity index is 1.76. The molecule has 0 aromatic rings. The zero-order chi connectivity index (χ0) is 15.8. The first-order chi connectivity index (χ1) is 10.3. The van der Waals surface area contributed by atoms with Gasteiger partial charge in [-0.2, -0.15) is 0 Å². The molecular formula is C22H38. The van der Waals surface area contributed by atoms with E-state index in [9.17, 15) is 0 Å². The largest absolute Gasteiger partial charge is 0.0625 e. The minimum Gasteiger partial charge on any atom is -0.0625 e. The fourth-order valence-electron chi connectivity index (χ4n) is 8.53. The molecule has 1 spiro atoms. The molecule has 4 fully saturated rings. The molecule has 126 valence electrons. The Kier molecular flexibility index (Phi) is 3.36. The van der Waals surface area contributed by atoms with Gasteiger partial charge < -0.3 is 0 Å². The highest BCUT2D eigenvalue weighted by Gasteiger charge is 2.67. The Morgan fingerprint density at radius 1 is 0.636 bits per heavy atom. The van der Waals surface area contributed by atoms with E-state index in [0.717, 1.165) is 35.0 Å². The quantitative estimate of drug-likeness (QED) is 0.467. The topological polar surface area (TPSA) is 0 Å². The van der Waals surface area contributed by atoms with Crippen LogP contribution in [0.4, 0.5) is 0 Å². The van der Waals surface area contributed by atoms with Crippen molar-refractivity contribution in [1.29, 1.82) is 0 Å². The number of hydrogen-bond donors (Lipinski definition) is 0. The van der Waals surface area contributed by atoms with Gasteiger partial charge in [0.2, 0.25) is 0 Å². The van der Waals surface area contributed by atoms with Crippen LogP contribution < -0.4 is 0 Å². The van der Waals surface area contributed by atoms with Crippen LogP contribution in [0, 0.1) is 45.8 Å². The van der Waals surface area contributed by atoms with E-state index < -0.39 is 0 Å². The summed E-state index contributed by atoms with van der Waals surface area (Å²) in [5.41, 5.74) is 1.93. The van der Waals surface area contributed by atoms with E-state index in [0.29, 0.717) is 10.8 Å². The third-order valence-corrected chi connectivity index (χ3v) is 8.93. The van der Waals surface area contributed by atoms with Gasteiger partial charge in [-0.05, 0) is 84.4 Å². The lowest BCUT2D eigenvalue weighted by atomic mass is 9.59. The molecule has 0 bridgehead atoms. The smallest absolute Gasteiger partial charge is 0.0225 e. The second-order valence-electron chi connectivity index (χ2n) is 11.2. The first-order valence-corrected chi connectivity index (χ1v) is 10.3. The fourth-order valence-corrected chi connectivity index (χ4v) is 8.53. The molecule has 4 aliphatic carbocycles. The highest BCUT2D eigenvalue weighted by Crippen LogP contribution is 2.75. The van der Waals surface area contributed by atoms with Crippen molar-refractivity contribution in [3.05, 3.63) is 0 Å². The summed E-state index contributed by atoms with van der Waals surface area (Å²) >= 11 is 0. The summed E-state index contributed by atoms with van der Waals surface area (Å²) in [5, 5.41) is 0. The van der Waals surface area contributed by atoms with Crippen molar-refractivity contribution in [2.24, 2.45) is 45.8 Å². The van der Waals surface area contributed by atoms with Crippen molar-refractivity contribution in [2.45, 2.75) is 92.4 Å². The standard InChI is InChI=1S/C22H38/c1-15-10-11-17-19(12-15)22(14-21(17,4)5)13-20(2,3)16-8-6-7-9-18(16)22/h15-19H,6-14H2,1-5H3. The summed E-state index contributed by atoms with van der Waals surface area (Å²) in [6.07, 6.45) is 13.8. The average molecular weight is 303 g/mol. The molecule has 0 aliphatic heterocycles. The van der Waals surface area contributed by atoms with E-state index >= 15 is 0 Å². The van der Waals surface area contributed by atoms with Gasteiger partial charge >= 0.3 is 0 Å². The van der Waals surface area contributed by atoms with Crippen molar-refractivity contribution in [2.75, 3.05) is 0 Å². The minimum atomic E-state index is 0.604. The Hall–Kier alpha value is 0. The van der Waals surface area contributed by atoms with Crippen LogP contribution in [-0.2, 0) is 0 Å². The van der Waals surface area contributed by atoms with Crippen LogP contribution in [0.3, 0.4) is 0 Å². The van der Waals surface area contributed by atoms with Crippen LogP contribution in [0.25, 0.3) is 0 Å². The van der Waals surface area contributed by atoms with Gasteiger partial charge in [0.05, 0.1) is 0 Å². The Bertz CT molecular complexity index is 441. The molecule has 0 N–H and O–H groups in total. The van der Waals surface area contributed by atoms with E-state index in [4.69, 9.17) is 0 Å². The van der Waals surface area contributed by atoms with Gasteiger partial charge in [-0.3, -0.25) is 0 Å². The van der Waals surface area contributed by atoms with Crippen LogP contribution in [0.1, 0.15) is 92.4 Å². The molecule has 4 aliphatic rings. The third kappa shape index (κ3) is 2.01. The number of hydrogen-bond acceptors (Lipinski definition) is 0. The zero-order valence-corrected chi connectivity index (χ0v) is 15.8. The second-order valence-corrected chi connectivity index (χ2v) is 11.2. The molecule has 22 heavy (non-hydrogen) atoms. The van der Waals surface area contributed by atoms with Crippen LogP contribution >= 0.6 is 0 Å². The van der Waals surface area contributed by atoms with E-state index in [1.807, 2.05) is 0 Å². The Morgan fingerprint density at radius 2 is 1.18 bits per heavy atom. The lowest BCUT2D eigenvalue weighted by Gasteiger charge is -2.45. The van der Waals surface area contributed by atoms with Crippen LogP contribution in [0.2, 0.25) is 0 Å². The van der Waals surface area contributed by atoms with Crippen LogP contribution in [0.5, 0.6) is 0 Å². The van der Waals surface area contributed by atoms with E-state index in [1.54, 1.807) is 25.7 Å². The molecule has 4 rings (SSSR count). The lowest BCUT2D eigenvalue weighted by Crippen LogP contribution is -2.38. The van der Waals surface area contributed by atoms with Gasteiger partial charge in [-0.15, -0.1) is 0 Å². The van der Waals surface area contributed by atoms with E-state index in [-0.39, 0.29) is 0 Å². The summed E-state index contributed by atoms with van der Waals surface area (Å²) in [6.45, 7) is 13.0. The van der Waals surface area contributed by atoms with Crippen molar-refractivity contribution in [1.82, 2.24) is 0 Å². The average Bonchev–Trinajstić information content (AvgIpc) is 2.80. The van der Waals surface area contributed by atoms with Crippen molar-refractivity contribution < 1.29 is 0 Å². The van der Waals surface area contributed by atoms with Gasteiger partial charge in [-0.25, -0.2) is 0 Å². The summed E-state index contributed by atoms with van der Waals surface area (Å²) in [7, 11) is 0. The molecule has 0 nitrogen and oxygen atoms in total. The molecule has 6 atom stereocenters. The van der Waals surface area contributed by atoms with Crippen molar-refractivity contribution in [3.63, 3.8) is 0 Å². The molecule has 0 radical (unpaired) electrons. The van der Waals surface area contributed by atoms with Crippen LogP contribution in [0.15, 0.2) is 0 Å². The number of fused-ring (bicyclic) bond motifs is 4. The normalized spacial score (nSPS) is 52.5. The molecule has 0 aromatic heterocycles. The molecule has 0 heterocycles. The monoisotopic (exact) mass is 302 g/mol. The maximum absolute atomic E-state index is 2.62. The van der Waals surface area contributed by atoms with Gasteiger partial charge in [0.25, 0.3) is 0 Å². The SMILES string of the molecule is CC1CCC2C(C1)C1(CC(C)(C)C3CCCCC31)CC2(C)C. The molecule has 0 saturated heterocycles. The van der Waals surface area contributed by atoms with Crippen molar-refractivity contribution in [3.8, 4) is 0 Å². The Morgan fingerprint density at radius 3 is 1.82 bits per heavy atom. The summed E-state index contributed by atoms with van der Waals surface area (Å²) < 4.78 is 0. The predicted octanol–water partition coefficient (Wildman–Crippen LogP) is 6.69. The van der Waals surface area contributed by atoms with Gasteiger partial charge in [0, 0.05) is 0 Å². The summed E-state index contributed by atoms with van der Waals surface area (Å²) in [5.74, 6) is 5.17. The van der Waals surface area contributed by atoms with Gasteiger partial charge in [0.1, 0.15) is 0 Å². The maximum atomic E-state index is 2.62. The van der Waals surface area contributed by atoms with E-state index in [2.05, 4.69) is 34.6 Å². The predicted molar refractivity (Wildman–Crippen MR) is 94.7 cm³/mol. The lowest BCUT2D eigenvalue weighted by molar-refractivity contribution is 0.0363. The van der Waals surface area contributed by atoms with Crippen LogP contribution in [-0.4, -0.2) is 0 Å². The maximum Gasteiger partial charge on any atom is -0.0225 e. The summed E-state index contributed by atoms with van der Waals surface area (Å²) in [6, 6.07) is 0. The van der Waals surface area contributed by atoms with Gasteiger partial charge in [0.15, 0.2) is 0 Å². The van der Waals surface area contributed by atoms with E-state index in [1.165, 1.54) is 32.1 Å². The van der Waals surface area contributed by atoms with Gasteiger partial charge in [-0.1, -0.05) is 53.9 Å². The highest BCUT2D eigenvalue weighted by atomic mass is 14.7. The second kappa shape index (κ2) is 4.76. The molecule has 0 amide bonds. The molecule has 0 aromatic carbocycles. The third-order valence-electron chi connectivity index (χ3n) is 8.93. The van der Waals surface area contributed by atoms with Crippen molar-refractivity contribution >= 4 is 0 Å². The summed E-state index contributed by atoms with van der Waals surface area (Å²) in [4.78, 5) is 0. The first-order valence-electron chi connectivity index (χ1n) is 10.3. The molecular weight excluding hydrogens is 264 g/mol. The minimum absolute atomic E-state index is 0.604. The highest BCUT2D eigenvalue weighted by molar-refractivity contribution is 5.16. The zero-order valence-electron chi connectivity index (χ0n) is 15.8. The molecule has 6 unspecified atom stereocenters. The molecule has 0 heteroatoms. The number of rotatable bonds is 0. The first kappa shape index (κ1) is 15.5. The molecule has 4 saturated carbocycles. The fraction of sp³-hybridized carbons (Fsp3) is 1.00.